The molecule has 0 bridgehead atoms. The minimum absolute atomic E-state index is 0.000221. The number of hydrogen-bond acceptors (Lipinski definition) is 4. The first-order valence-electron chi connectivity index (χ1n) is 14.2. The van der Waals surface area contributed by atoms with Gasteiger partial charge in [-0.15, -0.1) is 0 Å². The van der Waals surface area contributed by atoms with Gasteiger partial charge in [-0.25, -0.2) is 12.8 Å². The van der Waals surface area contributed by atoms with Gasteiger partial charge in [0.25, 0.3) is 10.0 Å². The van der Waals surface area contributed by atoms with Gasteiger partial charge in [-0.3, -0.25) is 13.9 Å². The third kappa shape index (κ3) is 9.15. The van der Waals surface area contributed by atoms with Gasteiger partial charge in [-0.05, 0) is 74.4 Å². The number of benzene rings is 4. The molecule has 2 amide bonds. The number of sulfonamides is 1. The summed E-state index contributed by atoms with van der Waals surface area (Å²) in [4.78, 5) is 29.7. The van der Waals surface area contributed by atoms with Gasteiger partial charge in [0, 0.05) is 23.0 Å². The van der Waals surface area contributed by atoms with Crippen LogP contribution >= 0.6 is 27.5 Å². The maximum Gasteiger partial charge on any atom is 0.264 e. The zero-order valence-electron chi connectivity index (χ0n) is 25.1. The highest BCUT2D eigenvalue weighted by Crippen LogP contribution is 2.29. The molecular formula is C34H34BrClFN3O4S. The van der Waals surface area contributed by atoms with Crippen LogP contribution in [0.3, 0.4) is 0 Å². The summed E-state index contributed by atoms with van der Waals surface area (Å²) >= 11 is 9.54. The van der Waals surface area contributed by atoms with Crippen molar-refractivity contribution in [2.75, 3.05) is 10.8 Å². The molecule has 236 valence electrons. The van der Waals surface area contributed by atoms with Crippen molar-refractivity contribution in [3.8, 4) is 0 Å². The molecule has 0 aliphatic heterocycles. The molecule has 4 rings (SSSR count). The topological polar surface area (TPSA) is 86.8 Å². The molecule has 0 heterocycles. The Hall–Kier alpha value is -3.73. The molecule has 0 aromatic heterocycles. The van der Waals surface area contributed by atoms with E-state index in [1.54, 1.807) is 18.2 Å². The first kappa shape index (κ1) is 34.1. The molecule has 45 heavy (non-hydrogen) atoms. The number of rotatable bonds is 11. The molecule has 4 aromatic carbocycles. The summed E-state index contributed by atoms with van der Waals surface area (Å²) in [7, 11) is -4.33. The molecule has 4 aromatic rings. The van der Waals surface area contributed by atoms with Gasteiger partial charge in [0.2, 0.25) is 11.8 Å². The Labute approximate surface area is 277 Å². The van der Waals surface area contributed by atoms with Crippen LogP contribution in [0.4, 0.5) is 10.1 Å². The second-order valence-corrected chi connectivity index (χ2v) is 14.7. The smallest absolute Gasteiger partial charge is 0.264 e. The largest absolute Gasteiger partial charge is 0.350 e. The summed E-state index contributed by atoms with van der Waals surface area (Å²) in [5.41, 5.74) is 0.934. The third-order valence-corrected chi connectivity index (χ3v) is 9.38. The van der Waals surface area contributed by atoms with Crippen molar-refractivity contribution in [1.29, 1.82) is 0 Å². The monoisotopic (exact) mass is 713 g/mol. The van der Waals surface area contributed by atoms with E-state index in [0.717, 1.165) is 32.0 Å². The highest BCUT2D eigenvalue weighted by atomic mass is 79.9. The van der Waals surface area contributed by atoms with E-state index in [-0.39, 0.29) is 28.6 Å². The number of anilines is 1. The van der Waals surface area contributed by atoms with Crippen LogP contribution in [-0.2, 0) is 32.6 Å². The van der Waals surface area contributed by atoms with E-state index in [1.807, 2.05) is 75.4 Å². The van der Waals surface area contributed by atoms with Gasteiger partial charge in [-0.2, -0.15) is 0 Å². The highest BCUT2D eigenvalue weighted by molar-refractivity contribution is 9.10. The van der Waals surface area contributed by atoms with Gasteiger partial charge in [0.1, 0.15) is 18.4 Å². The normalized spacial score (nSPS) is 12.3. The first-order chi connectivity index (χ1) is 21.2. The molecule has 0 fully saturated rings. The number of nitrogens with one attached hydrogen (secondary N) is 1. The SMILES string of the molecule is CC(C)(C)NC(=O)[C@@H](Cc1ccccc1)N(Cc1cccc(Br)c1)C(=O)CN(c1ccc(F)c(Cl)c1)S(=O)(=O)c1ccccc1. The number of carbonyl (C=O) groups is 2. The van der Waals surface area contributed by atoms with Crippen molar-refractivity contribution in [2.24, 2.45) is 0 Å². The van der Waals surface area contributed by atoms with Crippen molar-refractivity contribution in [2.45, 2.75) is 50.2 Å². The second kappa shape index (κ2) is 14.6. The summed E-state index contributed by atoms with van der Waals surface area (Å²) in [5, 5.41) is 2.69. The van der Waals surface area contributed by atoms with Crippen molar-refractivity contribution < 1.29 is 22.4 Å². The second-order valence-electron chi connectivity index (χ2n) is 11.5. The lowest BCUT2D eigenvalue weighted by molar-refractivity contribution is -0.140. The van der Waals surface area contributed by atoms with E-state index in [4.69, 9.17) is 11.6 Å². The Bertz CT molecular complexity index is 1750. The fourth-order valence-corrected chi connectivity index (χ4v) is 6.78. The number of nitrogens with zero attached hydrogens (tertiary/aromatic N) is 2. The highest BCUT2D eigenvalue weighted by Gasteiger charge is 2.35. The molecule has 1 atom stereocenters. The van der Waals surface area contributed by atoms with Crippen LogP contribution in [0.2, 0.25) is 5.02 Å². The van der Waals surface area contributed by atoms with Gasteiger partial charge >= 0.3 is 0 Å². The van der Waals surface area contributed by atoms with E-state index in [2.05, 4.69) is 21.2 Å². The zero-order valence-corrected chi connectivity index (χ0v) is 28.2. The van der Waals surface area contributed by atoms with Crippen molar-refractivity contribution in [3.63, 3.8) is 0 Å². The van der Waals surface area contributed by atoms with Crippen molar-refractivity contribution in [1.82, 2.24) is 10.2 Å². The molecule has 11 heteroatoms. The number of carbonyl (C=O) groups excluding carboxylic acids is 2. The molecule has 7 nitrogen and oxygen atoms in total. The Morgan fingerprint density at radius 1 is 0.889 bits per heavy atom. The molecule has 1 N–H and O–H groups in total. The predicted octanol–water partition coefficient (Wildman–Crippen LogP) is 6.99. The quantitative estimate of drug-likeness (QED) is 0.182. The molecule has 0 spiro atoms. The van der Waals surface area contributed by atoms with Crippen LogP contribution in [0.15, 0.2) is 112 Å². The van der Waals surface area contributed by atoms with E-state index in [1.165, 1.54) is 23.1 Å². The minimum atomic E-state index is -4.33. The van der Waals surface area contributed by atoms with Crippen LogP contribution in [0.1, 0.15) is 31.9 Å². The zero-order chi connectivity index (χ0) is 32.8. The molecular weight excluding hydrogens is 681 g/mol. The van der Waals surface area contributed by atoms with Crippen LogP contribution in [-0.4, -0.2) is 43.3 Å². The van der Waals surface area contributed by atoms with Gasteiger partial charge in [0.15, 0.2) is 0 Å². The summed E-state index contributed by atoms with van der Waals surface area (Å²) in [5.74, 6) is -1.77. The molecule has 0 aliphatic carbocycles. The standard InChI is InChI=1S/C34H34BrClFN3O4S/c1-34(2,3)38-33(42)31(20-24-11-6-4-7-12-24)39(22-25-13-10-14-26(35)19-25)32(41)23-40(27-17-18-30(37)29(36)21-27)45(43,44)28-15-8-5-9-16-28/h4-19,21,31H,20,22-23H2,1-3H3,(H,38,42)/t31-/m1/s1. The number of hydrogen-bond donors (Lipinski definition) is 1. The lowest BCUT2D eigenvalue weighted by Crippen LogP contribution is -2.56. The van der Waals surface area contributed by atoms with Crippen LogP contribution in [0.5, 0.6) is 0 Å². The van der Waals surface area contributed by atoms with E-state index in [9.17, 15) is 22.4 Å². The van der Waals surface area contributed by atoms with E-state index in [0.29, 0.717) is 0 Å². The summed E-state index contributed by atoms with van der Waals surface area (Å²) in [6.45, 7) is 4.87. The maximum absolute atomic E-state index is 14.5. The number of halogens is 3. The lowest BCUT2D eigenvalue weighted by atomic mass is 10.0. The van der Waals surface area contributed by atoms with Gasteiger partial charge < -0.3 is 10.2 Å². The summed E-state index contributed by atoms with van der Waals surface area (Å²) in [6, 6.07) is 26.7. The van der Waals surface area contributed by atoms with E-state index < -0.39 is 45.8 Å². The Morgan fingerprint density at radius 3 is 2.11 bits per heavy atom. The molecule has 0 aliphatic rings. The Morgan fingerprint density at radius 2 is 1.51 bits per heavy atom. The van der Waals surface area contributed by atoms with Gasteiger partial charge in [-0.1, -0.05) is 88.2 Å². The summed E-state index contributed by atoms with van der Waals surface area (Å²) < 4.78 is 43.8. The number of amides is 2. The molecule has 0 unspecified atom stereocenters. The Kier molecular flexibility index (Phi) is 11.1. The fourth-order valence-electron chi connectivity index (χ4n) is 4.73. The third-order valence-electron chi connectivity index (χ3n) is 6.81. The molecule has 0 saturated heterocycles. The molecule has 0 radical (unpaired) electrons. The minimum Gasteiger partial charge on any atom is -0.350 e. The Balaban J connectivity index is 1.83. The average molecular weight is 715 g/mol. The fraction of sp³-hybridized carbons (Fsp3) is 0.235. The lowest BCUT2D eigenvalue weighted by Gasteiger charge is -2.35. The van der Waals surface area contributed by atoms with Crippen LogP contribution in [0, 0.1) is 5.82 Å². The van der Waals surface area contributed by atoms with Crippen molar-refractivity contribution in [3.05, 3.63) is 130 Å². The maximum atomic E-state index is 14.5. The first-order valence-corrected chi connectivity index (χ1v) is 16.8. The van der Waals surface area contributed by atoms with Crippen LogP contribution < -0.4 is 9.62 Å². The molecule has 0 saturated carbocycles. The predicted molar refractivity (Wildman–Crippen MR) is 179 cm³/mol. The summed E-state index contributed by atoms with van der Waals surface area (Å²) in [6.07, 6.45) is 0.177. The average Bonchev–Trinajstić information content (AvgIpc) is 2.99. The van der Waals surface area contributed by atoms with Gasteiger partial charge in [0.05, 0.1) is 15.6 Å². The van der Waals surface area contributed by atoms with Crippen molar-refractivity contribution >= 4 is 55.1 Å². The van der Waals surface area contributed by atoms with E-state index >= 15 is 0 Å². The van der Waals surface area contributed by atoms with Crippen LogP contribution in [0.25, 0.3) is 0 Å².